The molecule has 10 nitrogen and oxygen atoms in total. The molecule has 0 spiro atoms. The number of carbonyl (C=O) groups is 2. The average Bonchev–Trinajstić information content (AvgIpc) is 2.87. The van der Waals surface area contributed by atoms with Gasteiger partial charge in [0.1, 0.15) is 11.9 Å². The number of aromatic nitrogens is 1. The third-order valence-corrected chi connectivity index (χ3v) is 6.66. The van der Waals surface area contributed by atoms with Gasteiger partial charge in [-0.15, -0.1) is 0 Å². The number of alkyl halides is 1. The molecule has 4 N–H and O–H groups in total. The van der Waals surface area contributed by atoms with E-state index in [1.165, 1.54) is 10.6 Å². The molecule has 2 amide bonds. The number of hydrogen-bond acceptors (Lipinski definition) is 7. The lowest BCUT2D eigenvalue weighted by atomic mass is 9.97. The second kappa shape index (κ2) is 13.5. The summed E-state index contributed by atoms with van der Waals surface area (Å²) in [6.45, 7) is 3.55. The number of rotatable bonds is 8. The second-order valence-corrected chi connectivity index (χ2v) is 9.99. The summed E-state index contributed by atoms with van der Waals surface area (Å²) in [5.74, 6) is 0. The van der Waals surface area contributed by atoms with Crippen molar-refractivity contribution in [2.24, 2.45) is 12.1 Å². The summed E-state index contributed by atoms with van der Waals surface area (Å²) in [7, 11) is 1.60. The molecule has 1 aromatic heterocycles. The van der Waals surface area contributed by atoms with Gasteiger partial charge in [-0.3, -0.25) is 14.9 Å². The van der Waals surface area contributed by atoms with Crippen molar-refractivity contribution in [3.8, 4) is 0 Å². The van der Waals surface area contributed by atoms with Gasteiger partial charge in [0, 0.05) is 33.1 Å². The van der Waals surface area contributed by atoms with Crippen molar-refractivity contribution >= 4 is 63.8 Å². The normalized spacial score (nSPS) is 19.0. The van der Waals surface area contributed by atoms with Crippen molar-refractivity contribution in [1.82, 2.24) is 20.6 Å². The number of ether oxygens (including phenoxy) is 1. The Morgan fingerprint density at radius 3 is 2.87 bits per heavy atom. The van der Waals surface area contributed by atoms with Gasteiger partial charge >= 0.3 is 6.09 Å². The van der Waals surface area contributed by atoms with Gasteiger partial charge < -0.3 is 19.9 Å². The summed E-state index contributed by atoms with van der Waals surface area (Å²) in [4.78, 5) is 35.9. The number of pyridine rings is 1. The third kappa shape index (κ3) is 7.37. The SMILES string of the molecule is CCOC(=O)NC(=S)NC1=CC(/C(=N/NC=O)c2cc(NC3C=CC(I)=CC3F)c(C)c(=O)n2C)=CCC1. The highest BCUT2D eigenvalue weighted by atomic mass is 127. The van der Waals surface area contributed by atoms with E-state index in [0.717, 1.165) is 3.58 Å². The molecular formula is C25H28FIN6O4S. The molecule has 2 aliphatic rings. The Hall–Kier alpha value is -3.33. The van der Waals surface area contributed by atoms with Crippen LogP contribution in [0.3, 0.4) is 0 Å². The standard InChI is InChI=1S/C25H28FIN6O4S/c1-4-37-25(36)31-24(38)29-17-7-5-6-15(10-17)22(32-28-13-34)21-12-20(14(2)23(35)33(21)3)30-19-9-8-16(27)11-18(19)26/h6,8-13,18-19,30H,4-5,7H2,1-3H3,(H,28,34)(H2,29,31,36,38)/b32-22-. The van der Waals surface area contributed by atoms with Crippen LogP contribution < -0.4 is 26.9 Å². The summed E-state index contributed by atoms with van der Waals surface area (Å²) in [5.41, 5.74) is 4.88. The first-order valence-electron chi connectivity index (χ1n) is 11.7. The van der Waals surface area contributed by atoms with E-state index in [2.05, 4.69) is 26.5 Å². The maximum atomic E-state index is 14.7. The minimum absolute atomic E-state index is 0.0692. The topological polar surface area (TPSA) is 126 Å². The predicted molar refractivity (Wildman–Crippen MR) is 157 cm³/mol. The fourth-order valence-electron chi connectivity index (χ4n) is 3.88. The summed E-state index contributed by atoms with van der Waals surface area (Å²) < 4.78 is 21.7. The number of hydrazone groups is 1. The highest BCUT2D eigenvalue weighted by molar-refractivity contribution is 14.1. The van der Waals surface area contributed by atoms with E-state index in [9.17, 15) is 18.8 Å². The molecule has 0 fully saturated rings. The molecule has 1 aromatic rings. The molecule has 1 heterocycles. The van der Waals surface area contributed by atoms with Crippen molar-refractivity contribution in [3.63, 3.8) is 0 Å². The molecule has 2 atom stereocenters. The van der Waals surface area contributed by atoms with Gasteiger partial charge in [-0.05, 0) is 79.7 Å². The molecule has 0 bridgehead atoms. The monoisotopic (exact) mass is 654 g/mol. The van der Waals surface area contributed by atoms with Crippen LogP contribution in [0, 0.1) is 6.92 Å². The summed E-state index contributed by atoms with van der Waals surface area (Å²) in [5, 5.41) is 12.8. The molecule has 0 saturated carbocycles. The maximum Gasteiger partial charge on any atom is 0.413 e. The van der Waals surface area contributed by atoms with Crippen LogP contribution in [0.25, 0.3) is 0 Å². The van der Waals surface area contributed by atoms with Crippen LogP contribution >= 0.6 is 34.8 Å². The Bertz CT molecular complexity index is 1330. The Labute approximate surface area is 238 Å². The van der Waals surface area contributed by atoms with E-state index >= 15 is 0 Å². The Balaban J connectivity index is 1.96. The first kappa shape index (κ1) is 29.2. The van der Waals surface area contributed by atoms with Crippen LogP contribution in [0.2, 0.25) is 0 Å². The van der Waals surface area contributed by atoms with Crippen LogP contribution in [0.1, 0.15) is 31.0 Å². The van der Waals surface area contributed by atoms with Crippen LogP contribution in [0.5, 0.6) is 0 Å². The van der Waals surface area contributed by atoms with Crippen molar-refractivity contribution in [2.45, 2.75) is 38.9 Å². The van der Waals surface area contributed by atoms with Crippen LogP contribution in [-0.2, 0) is 16.6 Å². The Morgan fingerprint density at radius 1 is 1.42 bits per heavy atom. The summed E-state index contributed by atoms with van der Waals surface area (Å²) in [6, 6.07) is 1.05. The van der Waals surface area contributed by atoms with Gasteiger partial charge in [-0.2, -0.15) is 5.10 Å². The zero-order valence-corrected chi connectivity index (χ0v) is 24.0. The number of hydrogen-bond donors (Lipinski definition) is 4. The summed E-state index contributed by atoms with van der Waals surface area (Å²) >= 11 is 7.24. The van der Waals surface area contributed by atoms with E-state index in [0.29, 0.717) is 53.2 Å². The number of carbonyl (C=O) groups excluding carboxylic acids is 2. The molecule has 0 saturated heterocycles. The smallest absolute Gasteiger partial charge is 0.413 e. The molecule has 2 aliphatic carbocycles. The molecule has 13 heteroatoms. The quantitative estimate of drug-likeness (QED) is 0.111. The van der Waals surface area contributed by atoms with Gasteiger partial charge in [-0.1, -0.05) is 18.2 Å². The minimum atomic E-state index is -1.27. The molecule has 2 unspecified atom stereocenters. The molecule has 0 aromatic carbocycles. The van der Waals surface area contributed by atoms with Crippen LogP contribution in [-0.4, -0.2) is 46.7 Å². The lowest BCUT2D eigenvalue weighted by Gasteiger charge is -2.24. The molecular weight excluding hydrogens is 626 g/mol. The lowest BCUT2D eigenvalue weighted by Crippen LogP contribution is -2.39. The first-order chi connectivity index (χ1) is 18.1. The second-order valence-electron chi connectivity index (χ2n) is 8.33. The average molecular weight is 655 g/mol. The van der Waals surface area contributed by atoms with Gasteiger partial charge in [0.2, 0.25) is 6.41 Å². The van der Waals surface area contributed by atoms with Gasteiger partial charge in [0.25, 0.3) is 5.56 Å². The Kier molecular flexibility index (Phi) is 10.4. The van der Waals surface area contributed by atoms with Crippen molar-refractivity contribution < 1.29 is 18.7 Å². The molecule has 0 radical (unpaired) electrons. The van der Waals surface area contributed by atoms with E-state index in [-0.39, 0.29) is 17.3 Å². The largest absolute Gasteiger partial charge is 0.450 e. The molecule has 202 valence electrons. The van der Waals surface area contributed by atoms with Gasteiger partial charge in [-0.25, -0.2) is 14.6 Å². The zero-order chi connectivity index (χ0) is 27.8. The number of amides is 2. The highest BCUT2D eigenvalue weighted by Gasteiger charge is 2.23. The highest BCUT2D eigenvalue weighted by Crippen LogP contribution is 2.25. The van der Waals surface area contributed by atoms with Crippen molar-refractivity contribution in [2.75, 3.05) is 11.9 Å². The molecule has 38 heavy (non-hydrogen) atoms. The number of allylic oxidation sites excluding steroid dienone is 6. The number of halogens is 2. The van der Waals surface area contributed by atoms with E-state index in [4.69, 9.17) is 17.0 Å². The first-order valence-corrected chi connectivity index (χ1v) is 13.2. The van der Waals surface area contributed by atoms with E-state index in [1.54, 1.807) is 45.2 Å². The van der Waals surface area contributed by atoms with E-state index < -0.39 is 18.3 Å². The van der Waals surface area contributed by atoms with E-state index in [1.807, 2.05) is 28.7 Å². The Morgan fingerprint density at radius 2 is 2.18 bits per heavy atom. The molecule has 3 rings (SSSR count). The fourth-order valence-corrected chi connectivity index (χ4v) is 4.64. The van der Waals surface area contributed by atoms with Crippen LogP contribution in [0.15, 0.2) is 61.2 Å². The van der Waals surface area contributed by atoms with Gasteiger partial charge in [0.05, 0.1) is 18.3 Å². The fraction of sp³-hybridized carbons (Fsp3) is 0.320. The lowest BCUT2D eigenvalue weighted by molar-refractivity contribution is -0.109. The number of anilines is 1. The zero-order valence-electron chi connectivity index (χ0n) is 21.0. The number of nitrogens with zero attached hydrogens (tertiary/aromatic N) is 2. The van der Waals surface area contributed by atoms with Crippen molar-refractivity contribution in [3.05, 3.63) is 72.9 Å². The van der Waals surface area contributed by atoms with Crippen LogP contribution in [0.4, 0.5) is 14.9 Å². The number of nitrogens with one attached hydrogen (secondary N) is 4. The summed E-state index contributed by atoms with van der Waals surface area (Å²) in [6.07, 6.45) is 8.37. The molecule has 0 aliphatic heterocycles. The maximum absolute atomic E-state index is 14.7. The number of alkyl carbamates (subject to hydrolysis) is 1. The van der Waals surface area contributed by atoms with Gasteiger partial charge in [0.15, 0.2) is 5.11 Å². The van der Waals surface area contributed by atoms with Crippen molar-refractivity contribution in [1.29, 1.82) is 0 Å². The minimum Gasteiger partial charge on any atom is -0.450 e. The predicted octanol–water partition coefficient (Wildman–Crippen LogP) is 3.38. The number of thiocarbonyl (C=S) groups is 1. The third-order valence-electron chi connectivity index (χ3n) is 5.74.